The highest BCUT2D eigenvalue weighted by Gasteiger charge is 2.28. The molecule has 1 aliphatic heterocycles. The van der Waals surface area contributed by atoms with Crippen molar-refractivity contribution in [2.75, 3.05) is 29.9 Å². The van der Waals surface area contributed by atoms with Crippen LogP contribution in [-0.4, -0.2) is 29.6 Å². The van der Waals surface area contributed by atoms with Crippen molar-refractivity contribution in [2.45, 2.75) is 51.9 Å². The summed E-state index contributed by atoms with van der Waals surface area (Å²) in [7, 11) is 0. The molecule has 1 aliphatic carbocycles. The molecule has 3 rings (SSSR count). The quantitative estimate of drug-likeness (QED) is 0.893. The maximum Gasteiger partial charge on any atom is 0.136 e. The molecule has 0 bridgehead atoms. The molecule has 0 amide bonds. The minimum Gasteiger partial charge on any atom is -0.370 e. The number of nitrogens with zero attached hydrogens (tertiary/aromatic N) is 3. The van der Waals surface area contributed by atoms with E-state index in [1.165, 1.54) is 25.7 Å². The van der Waals surface area contributed by atoms with Crippen LogP contribution in [-0.2, 0) is 0 Å². The van der Waals surface area contributed by atoms with Crippen molar-refractivity contribution in [2.24, 2.45) is 5.92 Å². The van der Waals surface area contributed by atoms with Gasteiger partial charge in [-0.15, -0.1) is 0 Å². The second kappa shape index (κ2) is 5.98. The summed E-state index contributed by atoms with van der Waals surface area (Å²) in [6.45, 7) is 7.78. The van der Waals surface area contributed by atoms with E-state index in [1.54, 1.807) is 0 Å². The van der Waals surface area contributed by atoms with E-state index in [9.17, 15) is 0 Å². The second-order valence-electron chi connectivity index (χ2n) is 6.34. The molecule has 1 aromatic heterocycles. The molecule has 20 heavy (non-hydrogen) atoms. The molecular formula is C16H26N4. The Morgan fingerprint density at radius 1 is 1.20 bits per heavy atom. The second-order valence-corrected chi connectivity index (χ2v) is 6.34. The van der Waals surface area contributed by atoms with Crippen LogP contribution >= 0.6 is 0 Å². The van der Waals surface area contributed by atoms with Gasteiger partial charge in [-0.1, -0.05) is 13.8 Å². The van der Waals surface area contributed by atoms with E-state index in [2.05, 4.69) is 30.1 Å². The number of nitrogens with one attached hydrogen (secondary N) is 1. The minimum atomic E-state index is 0.612. The van der Waals surface area contributed by atoms with Gasteiger partial charge in [0.2, 0.25) is 0 Å². The van der Waals surface area contributed by atoms with E-state index < -0.39 is 0 Å². The van der Waals surface area contributed by atoms with Crippen LogP contribution in [0.1, 0.15) is 57.7 Å². The molecule has 0 spiro atoms. The van der Waals surface area contributed by atoms with Crippen molar-refractivity contribution in [3.05, 3.63) is 11.9 Å². The SMILES string of the molecule is CCCNc1cc(N2CCC(C)CC2)nc(C2CC2)n1. The first-order valence-electron chi connectivity index (χ1n) is 8.14. The summed E-state index contributed by atoms with van der Waals surface area (Å²) in [4.78, 5) is 12.0. The molecule has 110 valence electrons. The molecule has 2 aliphatic rings. The molecule has 2 fully saturated rings. The van der Waals surface area contributed by atoms with Gasteiger partial charge in [0.15, 0.2) is 0 Å². The van der Waals surface area contributed by atoms with Crippen LogP contribution in [0.3, 0.4) is 0 Å². The molecule has 0 aromatic carbocycles. The molecule has 1 saturated heterocycles. The van der Waals surface area contributed by atoms with E-state index in [0.717, 1.165) is 49.4 Å². The van der Waals surface area contributed by atoms with Crippen molar-refractivity contribution < 1.29 is 0 Å². The molecule has 0 atom stereocenters. The first kappa shape index (κ1) is 13.7. The lowest BCUT2D eigenvalue weighted by Crippen LogP contribution is -2.33. The third-order valence-electron chi connectivity index (χ3n) is 4.34. The summed E-state index contributed by atoms with van der Waals surface area (Å²) in [5.41, 5.74) is 0. The third kappa shape index (κ3) is 3.22. The zero-order valence-corrected chi connectivity index (χ0v) is 12.7. The average molecular weight is 274 g/mol. The van der Waals surface area contributed by atoms with Crippen LogP contribution in [0, 0.1) is 5.92 Å². The Balaban J connectivity index is 1.79. The number of hydrogen-bond acceptors (Lipinski definition) is 4. The van der Waals surface area contributed by atoms with Crippen LogP contribution in [0.2, 0.25) is 0 Å². The molecule has 4 nitrogen and oxygen atoms in total. The number of aromatic nitrogens is 2. The summed E-state index contributed by atoms with van der Waals surface area (Å²) in [6, 6.07) is 2.14. The molecule has 0 radical (unpaired) electrons. The lowest BCUT2D eigenvalue weighted by molar-refractivity contribution is 0.436. The Labute approximate surface area is 122 Å². The van der Waals surface area contributed by atoms with Crippen LogP contribution in [0.15, 0.2) is 6.07 Å². The molecule has 0 unspecified atom stereocenters. The monoisotopic (exact) mass is 274 g/mol. The first-order valence-corrected chi connectivity index (χ1v) is 8.14. The Morgan fingerprint density at radius 3 is 2.60 bits per heavy atom. The van der Waals surface area contributed by atoms with Gasteiger partial charge in [-0.05, 0) is 38.0 Å². The molecule has 2 heterocycles. The van der Waals surface area contributed by atoms with Gasteiger partial charge >= 0.3 is 0 Å². The molecule has 1 saturated carbocycles. The van der Waals surface area contributed by atoms with Crippen molar-refractivity contribution in [1.29, 1.82) is 0 Å². The fourth-order valence-electron chi connectivity index (χ4n) is 2.72. The lowest BCUT2D eigenvalue weighted by atomic mass is 9.99. The molecule has 1 aromatic rings. The van der Waals surface area contributed by atoms with E-state index >= 15 is 0 Å². The lowest BCUT2D eigenvalue weighted by Gasteiger charge is -2.31. The smallest absolute Gasteiger partial charge is 0.136 e. The van der Waals surface area contributed by atoms with Crippen LogP contribution < -0.4 is 10.2 Å². The van der Waals surface area contributed by atoms with Gasteiger partial charge in [-0.2, -0.15) is 0 Å². The zero-order valence-electron chi connectivity index (χ0n) is 12.7. The number of anilines is 2. The summed E-state index contributed by atoms with van der Waals surface area (Å²) in [5.74, 6) is 4.67. The predicted molar refractivity (Wildman–Crippen MR) is 83.4 cm³/mol. The van der Waals surface area contributed by atoms with Crippen LogP contribution in [0.5, 0.6) is 0 Å². The van der Waals surface area contributed by atoms with Gasteiger partial charge in [0.05, 0.1) is 0 Å². The zero-order chi connectivity index (χ0) is 13.9. The summed E-state index contributed by atoms with van der Waals surface area (Å²) < 4.78 is 0. The maximum absolute atomic E-state index is 4.83. The standard InChI is InChI=1S/C16H26N4/c1-3-8-17-14-11-15(19-16(18-14)13-4-5-13)20-9-6-12(2)7-10-20/h11-13H,3-10H2,1-2H3,(H,17,18,19). The Kier molecular flexibility index (Phi) is 4.08. The van der Waals surface area contributed by atoms with Crippen molar-refractivity contribution in [3.8, 4) is 0 Å². The summed E-state index contributed by atoms with van der Waals surface area (Å²) in [6.07, 6.45) is 6.20. The van der Waals surface area contributed by atoms with Gasteiger partial charge in [0.1, 0.15) is 17.5 Å². The molecule has 1 N–H and O–H groups in total. The Hall–Kier alpha value is -1.32. The fourth-order valence-corrected chi connectivity index (χ4v) is 2.72. The van der Waals surface area contributed by atoms with Crippen molar-refractivity contribution in [1.82, 2.24) is 9.97 Å². The normalized spacial score (nSPS) is 20.2. The van der Waals surface area contributed by atoms with E-state index in [0.29, 0.717) is 5.92 Å². The largest absolute Gasteiger partial charge is 0.370 e. The fraction of sp³-hybridized carbons (Fsp3) is 0.750. The topological polar surface area (TPSA) is 41.0 Å². The highest BCUT2D eigenvalue weighted by atomic mass is 15.2. The Bertz CT molecular complexity index is 448. The minimum absolute atomic E-state index is 0.612. The summed E-state index contributed by atoms with van der Waals surface area (Å²) in [5, 5.41) is 3.43. The third-order valence-corrected chi connectivity index (χ3v) is 4.34. The highest BCUT2D eigenvalue weighted by Crippen LogP contribution is 2.39. The number of hydrogen-bond donors (Lipinski definition) is 1. The molecule has 4 heteroatoms. The van der Waals surface area contributed by atoms with Crippen LogP contribution in [0.25, 0.3) is 0 Å². The molecular weight excluding hydrogens is 248 g/mol. The van der Waals surface area contributed by atoms with Gasteiger partial charge in [-0.3, -0.25) is 0 Å². The van der Waals surface area contributed by atoms with Gasteiger partial charge < -0.3 is 10.2 Å². The maximum atomic E-state index is 4.83. The van der Waals surface area contributed by atoms with E-state index in [4.69, 9.17) is 9.97 Å². The van der Waals surface area contributed by atoms with E-state index in [-0.39, 0.29) is 0 Å². The number of rotatable bonds is 5. The average Bonchev–Trinajstić information content (AvgIpc) is 3.30. The highest BCUT2D eigenvalue weighted by molar-refractivity contribution is 5.50. The van der Waals surface area contributed by atoms with Crippen molar-refractivity contribution >= 4 is 11.6 Å². The first-order chi connectivity index (χ1) is 9.76. The Morgan fingerprint density at radius 2 is 1.95 bits per heavy atom. The van der Waals surface area contributed by atoms with Gasteiger partial charge in [-0.25, -0.2) is 9.97 Å². The van der Waals surface area contributed by atoms with Gasteiger partial charge in [0.25, 0.3) is 0 Å². The van der Waals surface area contributed by atoms with Crippen LogP contribution in [0.4, 0.5) is 11.6 Å². The van der Waals surface area contributed by atoms with E-state index in [1.807, 2.05) is 0 Å². The predicted octanol–water partition coefficient (Wildman–Crippen LogP) is 3.41. The number of piperidine rings is 1. The van der Waals surface area contributed by atoms with Crippen molar-refractivity contribution in [3.63, 3.8) is 0 Å². The summed E-state index contributed by atoms with van der Waals surface area (Å²) >= 11 is 0. The van der Waals surface area contributed by atoms with Gasteiger partial charge in [0, 0.05) is 31.6 Å².